The molecule has 13 heteroatoms. The minimum atomic E-state index is -0.597. The lowest BCUT2D eigenvalue weighted by Crippen LogP contribution is -2.42. The number of likely N-dealkylation sites (tertiary alicyclic amines) is 1. The number of morpholine rings is 1. The van der Waals surface area contributed by atoms with E-state index in [2.05, 4.69) is 37.1 Å². The van der Waals surface area contributed by atoms with Crippen molar-refractivity contribution in [2.45, 2.75) is 44.4 Å². The van der Waals surface area contributed by atoms with Crippen molar-refractivity contribution in [3.8, 4) is 5.75 Å². The third-order valence-electron chi connectivity index (χ3n) is 8.55. The van der Waals surface area contributed by atoms with E-state index in [1.807, 2.05) is 42.5 Å². The van der Waals surface area contributed by atoms with Crippen LogP contribution >= 0.6 is 11.6 Å². The lowest BCUT2D eigenvalue weighted by atomic mass is 10.1. The molecule has 2 aliphatic heterocycles. The molecular weight excluding hydrogens is 634 g/mol. The van der Waals surface area contributed by atoms with Crippen LogP contribution < -0.4 is 15.4 Å². The number of halogens is 1. The van der Waals surface area contributed by atoms with Gasteiger partial charge in [0.1, 0.15) is 36.3 Å². The van der Waals surface area contributed by atoms with Crippen molar-refractivity contribution >= 4 is 45.8 Å². The van der Waals surface area contributed by atoms with E-state index < -0.39 is 6.04 Å². The van der Waals surface area contributed by atoms with Crippen molar-refractivity contribution in [1.29, 1.82) is 0 Å². The molecule has 3 aliphatic rings. The van der Waals surface area contributed by atoms with Gasteiger partial charge >= 0.3 is 0 Å². The largest absolute Gasteiger partial charge is 0.491 e. The van der Waals surface area contributed by atoms with Gasteiger partial charge in [-0.3, -0.25) is 19.5 Å². The number of nitrogens with one attached hydrogen (secondary N) is 2. The first-order chi connectivity index (χ1) is 23.5. The number of hydrogen-bond acceptors (Lipinski definition) is 10. The van der Waals surface area contributed by atoms with Crippen LogP contribution in [0.3, 0.4) is 0 Å². The summed E-state index contributed by atoms with van der Waals surface area (Å²) in [6.07, 6.45) is 11.0. The Labute approximate surface area is 284 Å². The number of carbonyl (C=O) groups is 2. The van der Waals surface area contributed by atoms with Gasteiger partial charge in [-0.05, 0) is 62.1 Å². The smallest absolute Gasteiger partial charge is 0.247 e. The highest BCUT2D eigenvalue weighted by Crippen LogP contribution is 2.34. The Morgan fingerprint density at radius 1 is 1.12 bits per heavy atom. The molecule has 12 nitrogen and oxygen atoms in total. The number of benzene rings is 1. The summed E-state index contributed by atoms with van der Waals surface area (Å²) in [6, 6.07) is 8.56. The van der Waals surface area contributed by atoms with E-state index in [9.17, 15) is 9.59 Å². The fourth-order valence-electron chi connectivity index (χ4n) is 6.05. The van der Waals surface area contributed by atoms with Crippen molar-refractivity contribution in [1.82, 2.24) is 24.8 Å². The maximum atomic E-state index is 13.6. The molecule has 2 amide bonds. The number of ether oxygens (including phenoxy) is 3. The number of hydrogen-bond donors (Lipinski definition) is 2. The maximum absolute atomic E-state index is 13.6. The lowest BCUT2D eigenvalue weighted by molar-refractivity contribution is -0.132. The first-order valence-electron chi connectivity index (χ1n) is 16.3. The molecule has 0 radical (unpaired) electrons. The Bertz CT molecular complexity index is 1680. The molecule has 2 fully saturated rings. The molecule has 0 saturated carbocycles. The molecule has 2 atom stereocenters. The second-order valence-corrected chi connectivity index (χ2v) is 12.2. The molecular formula is C35H40ClN7O5. The molecule has 2 aromatic heterocycles. The molecule has 0 bridgehead atoms. The summed E-state index contributed by atoms with van der Waals surface area (Å²) in [5.41, 5.74) is 1.95. The van der Waals surface area contributed by atoms with Gasteiger partial charge in [-0.1, -0.05) is 24.2 Å². The quantitative estimate of drug-likeness (QED) is 0.195. The Kier molecular flexibility index (Phi) is 11.2. The summed E-state index contributed by atoms with van der Waals surface area (Å²) in [4.78, 5) is 43.3. The summed E-state index contributed by atoms with van der Waals surface area (Å²) in [5, 5.41) is 7.70. The first-order valence-corrected chi connectivity index (χ1v) is 16.7. The third kappa shape index (κ3) is 8.30. The van der Waals surface area contributed by atoms with Gasteiger partial charge in [0.05, 0.1) is 47.8 Å². The monoisotopic (exact) mass is 673 g/mol. The van der Waals surface area contributed by atoms with Crippen LogP contribution in [-0.2, 0) is 25.7 Å². The lowest BCUT2D eigenvalue weighted by Gasteiger charge is -2.26. The summed E-state index contributed by atoms with van der Waals surface area (Å²) in [6.45, 7) is 9.05. The van der Waals surface area contributed by atoms with Gasteiger partial charge in [-0.2, -0.15) is 0 Å². The van der Waals surface area contributed by atoms with E-state index in [1.165, 1.54) is 12.4 Å². The maximum Gasteiger partial charge on any atom is 0.247 e. The van der Waals surface area contributed by atoms with Crippen LogP contribution in [0.5, 0.6) is 5.75 Å². The standard InChI is InChI=1S/C35H40ClN7O5/c1-2-33(44)43-13-5-8-30(43)35(45)41-29-20-26-28(21-32(29)47-16-6-12-42-14-17-46-18-15-42)38-23-39-34(26)40-24-9-10-31(27(36)19-24)48-22-25-7-3-4-11-37-25/h2-4,7,10-11,19-21,23-24,30H,1,5-6,8-9,12-18,22H2,(H,41,45)(H,38,39,40). The van der Waals surface area contributed by atoms with Gasteiger partial charge in [0.2, 0.25) is 11.8 Å². The number of carbonyl (C=O) groups excluding carboxylic acids is 2. The van der Waals surface area contributed by atoms with E-state index in [4.69, 9.17) is 25.8 Å². The normalized spacial score (nSPS) is 19.7. The zero-order valence-electron chi connectivity index (χ0n) is 26.8. The minimum absolute atomic E-state index is 0.163. The Balaban J connectivity index is 1.19. The number of rotatable bonds is 13. The van der Waals surface area contributed by atoms with Gasteiger partial charge in [0.15, 0.2) is 0 Å². The van der Waals surface area contributed by atoms with Crippen molar-refractivity contribution in [2.24, 2.45) is 0 Å². The van der Waals surface area contributed by atoms with Crippen LogP contribution in [0, 0.1) is 0 Å². The summed E-state index contributed by atoms with van der Waals surface area (Å²) in [5.74, 6) is 1.14. The van der Waals surface area contributed by atoms with Crippen LogP contribution in [0.2, 0.25) is 0 Å². The van der Waals surface area contributed by atoms with E-state index in [0.717, 1.165) is 51.4 Å². The fraction of sp³-hybridized carbons (Fsp3) is 0.400. The van der Waals surface area contributed by atoms with E-state index in [1.54, 1.807) is 11.1 Å². The predicted octanol–water partition coefficient (Wildman–Crippen LogP) is 4.65. The first kappa shape index (κ1) is 33.4. The highest BCUT2D eigenvalue weighted by atomic mass is 35.5. The van der Waals surface area contributed by atoms with Crippen molar-refractivity contribution < 1.29 is 23.8 Å². The Morgan fingerprint density at radius 2 is 2.00 bits per heavy atom. The van der Waals surface area contributed by atoms with Gasteiger partial charge < -0.3 is 29.7 Å². The number of allylic oxidation sites excluding steroid dienone is 1. The second-order valence-electron chi connectivity index (χ2n) is 11.8. The predicted molar refractivity (Wildman–Crippen MR) is 184 cm³/mol. The van der Waals surface area contributed by atoms with Gasteiger partial charge in [0, 0.05) is 43.8 Å². The van der Waals surface area contributed by atoms with Crippen LogP contribution in [0.1, 0.15) is 31.4 Å². The molecule has 2 saturated heterocycles. The van der Waals surface area contributed by atoms with E-state index >= 15 is 0 Å². The number of fused-ring (bicyclic) bond motifs is 1. The van der Waals surface area contributed by atoms with Crippen LogP contribution in [-0.4, -0.2) is 94.6 Å². The average Bonchev–Trinajstić information content (AvgIpc) is 3.61. The Hall–Kier alpha value is -4.52. The fourth-order valence-corrected chi connectivity index (χ4v) is 6.33. The van der Waals surface area contributed by atoms with Crippen LogP contribution in [0.15, 0.2) is 78.5 Å². The topological polar surface area (TPSA) is 131 Å². The summed E-state index contributed by atoms with van der Waals surface area (Å²) >= 11 is 6.62. The van der Waals surface area contributed by atoms with Gasteiger partial charge in [0.25, 0.3) is 0 Å². The molecule has 2 unspecified atom stereocenters. The molecule has 0 spiro atoms. The molecule has 1 aromatic carbocycles. The zero-order chi connectivity index (χ0) is 33.3. The molecule has 1 aliphatic carbocycles. The molecule has 252 valence electrons. The number of pyridine rings is 1. The zero-order valence-corrected chi connectivity index (χ0v) is 27.5. The van der Waals surface area contributed by atoms with Gasteiger partial charge in [-0.15, -0.1) is 0 Å². The molecule has 48 heavy (non-hydrogen) atoms. The average molecular weight is 674 g/mol. The number of anilines is 2. The molecule has 2 N–H and O–H groups in total. The minimum Gasteiger partial charge on any atom is -0.491 e. The van der Waals surface area contributed by atoms with Gasteiger partial charge in [-0.25, -0.2) is 9.97 Å². The van der Waals surface area contributed by atoms with Crippen LogP contribution in [0.25, 0.3) is 10.9 Å². The van der Waals surface area contributed by atoms with Crippen molar-refractivity contribution in [3.05, 3.63) is 84.1 Å². The van der Waals surface area contributed by atoms with Crippen molar-refractivity contribution in [2.75, 3.05) is 56.6 Å². The third-order valence-corrected chi connectivity index (χ3v) is 8.86. The van der Waals surface area contributed by atoms with Crippen molar-refractivity contribution in [3.63, 3.8) is 0 Å². The van der Waals surface area contributed by atoms with E-state index in [-0.39, 0.29) is 17.9 Å². The number of nitrogens with zero attached hydrogens (tertiary/aromatic N) is 5. The molecule has 3 aromatic rings. The van der Waals surface area contributed by atoms with E-state index in [0.29, 0.717) is 71.5 Å². The summed E-state index contributed by atoms with van der Waals surface area (Å²) in [7, 11) is 0. The number of amides is 2. The summed E-state index contributed by atoms with van der Waals surface area (Å²) < 4.78 is 17.6. The highest BCUT2D eigenvalue weighted by Gasteiger charge is 2.33. The highest BCUT2D eigenvalue weighted by molar-refractivity contribution is 6.31. The van der Waals surface area contributed by atoms with Crippen LogP contribution in [0.4, 0.5) is 11.5 Å². The Morgan fingerprint density at radius 3 is 2.79 bits per heavy atom. The molecule has 6 rings (SSSR count). The second kappa shape index (κ2) is 16.1. The number of aromatic nitrogens is 3. The molecule has 4 heterocycles. The SMILES string of the molecule is C=CC(=O)N1CCCC1C(=O)Nc1cc2c(NC3C=C(Cl)C(OCc4ccccn4)=CC3)ncnc2cc1OCCCN1CCOCC1.